The van der Waals surface area contributed by atoms with Gasteiger partial charge in [0.15, 0.2) is 0 Å². The summed E-state index contributed by atoms with van der Waals surface area (Å²) >= 11 is 0. The molecule has 0 radical (unpaired) electrons. The van der Waals surface area contributed by atoms with Crippen LogP contribution in [0.3, 0.4) is 0 Å². The minimum Gasteiger partial charge on any atom is -0.490 e. The summed E-state index contributed by atoms with van der Waals surface area (Å²) in [5.74, 6) is 0.428. The fourth-order valence-corrected chi connectivity index (χ4v) is 2.47. The third-order valence-corrected chi connectivity index (χ3v) is 3.70. The Morgan fingerprint density at radius 3 is 2.40 bits per heavy atom. The third-order valence-electron chi connectivity index (χ3n) is 3.70. The summed E-state index contributed by atoms with van der Waals surface area (Å²) in [5.41, 5.74) is -0.873. The summed E-state index contributed by atoms with van der Waals surface area (Å²) in [6.07, 6.45) is -0.801. The molecule has 0 unspecified atom stereocenters. The SMILES string of the molecule is CC1CCC(Oc2ccc(C=O)cc2C(F)(F)F)CC1. The van der Waals surface area contributed by atoms with Crippen LogP contribution in [0.5, 0.6) is 5.75 Å². The van der Waals surface area contributed by atoms with Gasteiger partial charge >= 0.3 is 6.18 Å². The number of rotatable bonds is 3. The monoisotopic (exact) mass is 286 g/mol. The molecule has 0 amide bonds. The van der Waals surface area contributed by atoms with Crippen LogP contribution >= 0.6 is 0 Å². The van der Waals surface area contributed by atoms with Gasteiger partial charge < -0.3 is 4.74 Å². The average Bonchev–Trinajstić information content (AvgIpc) is 2.40. The summed E-state index contributed by atoms with van der Waals surface area (Å²) in [6.45, 7) is 2.14. The van der Waals surface area contributed by atoms with Gasteiger partial charge in [0.2, 0.25) is 0 Å². The molecule has 20 heavy (non-hydrogen) atoms. The van der Waals surface area contributed by atoms with Crippen LogP contribution < -0.4 is 4.74 Å². The molecule has 0 atom stereocenters. The smallest absolute Gasteiger partial charge is 0.419 e. The molecule has 0 aromatic heterocycles. The van der Waals surface area contributed by atoms with Crippen LogP contribution in [0.2, 0.25) is 0 Å². The van der Waals surface area contributed by atoms with E-state index in [2.05, 4.69) is 6.92 Å². The lowest BCUT2D eigenvalue weighted by molar-refractivity contribution is -0.139. The van der Waals surface area contributed by atoms with E-state index >= 15 is 0 Å². The molecule has 0 N–H and O–H groups in total. The van der Waals surface area contributed by atoms with Crippen LogP contribution in [0.1, 0.15) is 48.5 Å². The number of benzene rings is 1. The maximum Gasteiger partial charge on any atom is 0.419 e. The summed E-state index contributed by atoms with van der Waals surface area (Å²) in [6, 6.07) is 3.43. The minimum atomic E-state index is -4.52. The second kappa shape index (κ2) is 5.85. The molecule has 0 bridgehead atoms. The highest BCUT2D eigenvalue weighted by atomic mass is 19.4. The zero-order valence-electron chi connectivity index (χ0n) is 11.2. The molecule has 1 aromatic rings. The molecule has 0 saturated heterocycles. The van der Waals surface area contributed by atoms with E-state index in [0.29, 0.717) is 12.2 Å². The van der Waals surface area contributed by atoms with Gasteiger partial charge in [-0.05, 0) is 49.8 Å². The van der Waals surface area contributed by atoms with E-state index in [0.717, 1.165) is 31.7 Å². The zero-order valence-corrected chi connectivity index (χ0v) is 11.2. The Hall–Kier alpha value is -1.52. The van der Waals surface area contributed by atoms with Gasteiger partial charge in [-0.3, -0.25) is 4.79 Å². The number of halogens is 3. The topological polar surface area (TPSA) is 26.3 Å². The average molecular weight is 286 g/mol. The van der Waals surface area contributed by atoms with Crippen molar-refractivity contribution in [3.05, 3.63) is 29.3 Å². The van der Waals surface area contributed by atoms with Gasteiger partial charge in [0.1, 0.15) is 12.0 Å². The van der Waals surface area contributed by atoms with Crippen molar-refractivity contribution >= 4 is 6.29 Å². The van der Waals surface area contributed by atoms with Crippen LogP contribution in [0, 0.1) is 5.92 Å². The Balaban J connectivity index is 2.20. The third kappa shape index (κ3) is 3.52. The number of hydrogen-bond acceptors (Lipinski definition) is 2. The minimum absolute atomic E-state index is 0.00180. The first-order valence-corrected chi connectivity index (χ1v) is 6.73. The van der Waals surface area contributed by atoms with E-state index in [1.54, 1.807) is 0 Å². The van der Waals surface area contributed by atoms with Crippen molar-refractivity contribution in [3.63, 3.8) is 0 Å². The van der Waals surface area contributed by atoms with Crippen LogP contribution in [-0.4, -0.2) is 12.4 Å². The van der Waals surface area contributed by atoms with Crippen LogP contribution in [0.25, 0.3) is 0 Å². The van der Waals surface area contributed by atoms with Gasteiger partial charge in [0.25, 0.3) is 0 Å². The second-order valence-electron chi connectivity index (χ2n) is 5.37. The molecular weight excluding hydrogens is 269 g/mol. The normalized spacial score (nSPS) is 23.4. The van der Waals surface area contributed by atoms with Gasteiger partial charge in [-0.15, -0.1) is 0 Å². The highest BCUT2D eigenvalue weighted by Crippen LogP contribution is 2.38. The Labute approximate surface area is 115 Å². The molecule has 0 heterocycles. The number of carbonyl (C=O) groups is 1. The van der Waals surface area contributed by atoms with E-state index in [-0.39, 0.29) is 17.4 Å². The second-order valence-corrected chi connectivity index (χ2v) is 5.37. The summed E-state index contributed by atoms with van der Waals surface area (Å²) in [7, 11) is 0. The first kappa shape index (κ1) is 14.9. The molecule has 5 heteroatoms. The van der Waals surface area contributed by atoms with E-state index in [1.807, 2.05) is 0 Å². The van der Waals surface area contributed by atoms with Gasteiger partial charge in [-0.25, -0.2) is 0 Å². The predicted octanol–water partition coefficient (Wildman–Crippen LogP) is 4.48. The number of aldehydes is 1. The Bertz CT molecular complexity index is 474. The predicted molar refractivity (Wildman–Crippen MR) is 68.9 cm³/mol. The molecular formula is C15H17F3O2. The van der Waals surface area contributed by atoms with Crippen molar-refractivity contribution in [3.8, 4) is 5.75 Å². The fourth-order valence-electron chi connectivity index (χ4n) is 2.47. The number of carbonyl (C=O) groups excluding carboxylic acids is 1. The summed E-state index contributed by atoms with van der Waals surface area (Å²) < 4.78 is 44.5. The maximum absolute atomic E-state index is 13.0. The lowest BCUT2D eigenvalue weighted by atomic mass is 9.89. The van der Waals surface area contributed by atoms with Crippen molar-refractivity contribution in [2.24, 2.45) is 5.92 Å². The van der Waals surface area contributed by atoms with Gasteiger partial charge in [-0.1, -0.05) is 6.92 Å². The largest absolute Gasteiger partial charge is 0.490 e. The van der Waals surface area contributed by atoms with Gasteiger partial charge in [-0.2, -0.15) is 13.2 Å². The molecule has 1 fully saturated rings. The Morgan fingerprint density at radius 1 is 1.20 bits per heavy atom. The van der Waals surface area contributed by atoms with Gasteiger partial charge in [0, 0.05) is 5.56 Å². The highest BCUT2D eigenvalue weighted by Gasteiger charge is 2.35. The van der Waals surface area contributed by atoms with Crippen LogP contribution in [0.4, 0.5) is 13.2 Å². The molecule has 1 aromatic carbocycles. The number of ether oxygens (including phenoxy) is 1. The molecule has 1 saturated carbocycles. The van der Waals surface area contributed by atoms with Crippen molar-refractivity contribution < 1.29 is 22.7 Å². The van der Waals surface area contributed by atoms with E-state index < -0.39 is 11.7 Å². The van der Waals surface area contributed by atoms with Crippen molar-refractivity contribution in [1.29, 1.82) is 0 Å². The van der Waals surface area contributed by atoms with Crippen molar-refractivity contribution in [1.82, 2.24) is 0 Å². The molecule has 1 aliphatic carbocycles. The quantitative estimate of drug-likeness (QED) is 0.766. The molecule has 0 spiro atoms. The van der Waals surface area contributed by atoms with Crippen molar-refractivity contribution in [2.75, 3.05) is 0 Å². The van der Waals surface area contributed by atoms with Crippen LogP contribution in [-0.2, 0) is 6.18 Å². The first-order valence-electron chi connectivity index (χ1n) is 6.73. The van der Waals surface area contributed by atoms with Crippen LogP contribution in [0.15, 0.2) is 18.2 Å². The van der Waals surface area contributed by atoms with E-state index in [4.69, 9.17) is 4.74 Å². The number of alkyl halides is 3. The lowest BCUT2D eigenvalue weighted by Gasteiger charge is -2.28. The molecule has 110 valence electrons. The Morgan fingerprint density at radius 2 is 1.85 bits per heavy atom. The number of hydrogen-bond donors (Lipinski definition) is 0. The maximum atomic E-state index is 13.0. The molecule has 1 aliphatic rings. The summed E-state index contributed by atoms with van der Waals surface area (Å²) in [5, 5.41) is 0. The molecule has 0 aliphatic heterocycles. The highest BCUT2D eigenvalue weighted by molar-refractivity contribution is 5.75. The Kier molecular flexibility index (Phi) is 4.35. The zero-order chi connectivity index (χ0) is 14.8. The standard InChI is InChI=1S/C15H17F3O2/c1-10-2-5-12(6-3-10)20-14-7-4-11(9-19)8-13(14)15(16,17)18/h4,7-10,12H,2-3,5-6H2,1H3. The van der Waals surface area contributed by atoms with E-state index in [1.165, 1.54) is 12.1 Å². The molecule has 2 nitrogen and oxygen atoms in total. The fraction of sp³-hybridized carbons (Fsp3) is 0.533. The molecule has 2 rings (SSSR count). The first-order chi connectivity index (χ1) is 9.40. The lowest BCUT2D eigenvalue weighted by Crippen LogP contribution is -2.24. The van der Waals surface area contributed by atoms with E-state index in [9.17, 15) is 18.0 Å². The van der Waals surface area contributed by atoms with Gasteiger partial charge in [0.05, 0.1) is 11.7 Å². The summed E-state index contributed by atoms with van der Waals surface area (Å²) in [4.78, 5) is 10.6. The van der Waals surface area contributed by atoms with Crippen molar-refractivity contribution in [2.45, 2.75) is 44.9 Å².